The number of nitrogens with one attached hydrogen (secondary N) is 1. The van der Waals surface area contributed by atoms with Gasteiger partial charge in [-0.2, -0.15) is 13.2 Å². The van der Waals surface area contributed by atoms with E-state index < -0.39 is 28.2 Å². The van der Waals surface area contributed by atoms with E-state index in [2.05, 4.69) is 5.32 Å². The number of nitrogens with zero attached hydrogens (tertiary/aromatic N) is 1. The maximum Gasteiger partial charge on any atom is 0.416 e. The number of non-ortho nitro benzene ring substituents is 1. The van der Waals surface area contributed by atoms with Crippen LogP contribution in [0.3, 0.4) is 0 Å². The van der Waals surface area contributed by atoms with E-state index in [-0.39, 0.29) is 11.4 Å². The summed E-state index contributed by atoms with van der Waals surface area (Å²) in [6, 6.07) is 6.86. The lowest BCUT2D eigenvalue weighted by molar-refractivity contribution is -0.385. The smallest absolute Gasteiger partial charge is 0.355 e. The average molecular weight is 300 g/mol. The summed E-state index contributed by atoms with van der Waals surface area (Å²) >= 11 is 0. The SMILES string of the molecule is O=[N+]([O-])c1cc(F)cc(Nc2ccc(C(F)(F)F)cc2)c1. The van der Waals surface area contributed by atoms with E-state index in [0.717, 1.165) is 42.5 Å². The van der Waals surface area contributed by atoms with E-state index in [9.17, 15) is 27.7 Å². The van der Waals surface area contributed by atoms with E-state index in [1.165, 1.54) is 0 Å². The quantitative estimate of drug-likeness (QED) is 0.516. The summed E-state index contributed by atoms with van der Waals surface area (Å²) in [6.45, 7) is 0. The molecule has 0 fully saturated rings. The van der Waals surface area contributed by atoms with Crippen LogP contribution in [0.2, 0.25) is 0 Å². The highest BCUT2D eigenvalue weighted by atomic mass is 19.4. The Morgan fingerprint density at radius 3 is 2.14 bits per heavy atom. The summed E-state index contributed by atoms with van der Waals surface area (Å²) in [4.78, 5) is 9.84. The van der Waals surface area contributed by atoms with E-state index >= 15 is 0 Å². The van der Waals surface area contributed by atoms with Crippen LogP contribution >= 0.6 is 0 Å². The molecule has 0 saturated carbocycles. The molecule has 0 aliphatic heterocycles. The van der Waals surface area contributed by atoms with Crippen molar-refractivity contribution in [3.05, 3.63) is 64.0 Å². The van der Waals surface area contributed by atoms with E-state index in [4.69, 9.17) is 0 Å². The van der Waals surface area contributed by atoms with E-state index in [0.29, 0.717) is 0 Å². The zero-order valence-corrected chi connectivity index (χ0v) is 10.3. The second-order valence-corrected chi connectivity index (χ2v) is 4.16. The Hall–Kier alpha value is -2.64. The average Bonchev–Trinajstić information content (AvgIpc) is 2.37. The molecule has 2 aromatic rings. The highest BCUT2D eigenvalue weighted by Gasteiger charge is 2.29. The molecule has 21 heavy (non-hydrogen) atoms. The molecule has 2 aromatic carbocycles. The zero-order chi connectivity index (χ0) is 15.6. The molecule has 0 bridgehead atoms. The molecule has 1 N–H and O–H groups in total. The van der Waals surface area contributed by atoms with Gasteiger partial charge in [-0.1, -0.05) is 0 Å². The number of alkyl halides is 3. The highest BCUT2D eigenvalue weighted by Crippen LogP contribution is 2.30. The van der Waals surface area contributed by atoms with Crippen molar-refractivity contribution in [1.29, 1.82) is 0 Å². The Morgan fingerprint density at radius 1 is 1.00 bits per heavy atom. The minimum absolute atomic E-state index is 0.0708. The number of anilines is 2. The largest absolute Gasteiger partial charge is 0.416 e. The summed E-state index contributed by atoms with van der Waals surface area (Å²) in [7, 11) is 0. The first-order chi connectivity index (χ1) is 9.75. The van der Waals surface area contributed by atoms with E-state index in [1.807, 2.05) is 0 Å². The number of nitro benzene ring substituents is 1. The van der Waals surface area contributed by atoms with Crippen molar-refractivity contribution in [1.82, 2.24) is 0 Å². The second kappa shape index (κ2) is 5.39. The number of hydrogen-bond acceptors (Lipinski definition) is 3. The number of benzene rings is 2. The maximum absolute atomic E-state index is 13.2. The molecular formula is C13H8F4N2O2. The lowest BCUT2D eigenvalue weighted by Crippen LogP contribution is -2.04. The van der Waals surface area contributed by atoms with Gasteiger partial charge < -0.3 is 5.32 Å². The van der Waals surface area contributed by atoms with Crippen molar-refractivity contribution in [3.8, 4) is 0 Å². The van der Waals surface area contributed by atoms with Crippen LogP contribution in [0.15, 0.2) is 42.5 Å². The van der Waals surface area contributed by atoms with Gasteiger partial charge in [-0.15, -0.1) is 0 Å². The van der Waals surface area contributed by atoms with Crippen molar-refractivity contribution in [2.45, 2.75) is 6.18 Å². The molecule has 0 atom stereocenters. The van der Waals surface area contributed by atoms with E-state index in [1.54, 1.807) is 0 Å². The monoisotopic (exact) mass is 300 g/mol. The van der Waals surface area contributed by atoms with Crippen LogP contribution in [0.1, 0.15) is 5.56 Å². The standard InChI is InChI=1S/C13H8F4N2O2/c14-9-5-11(7-12(6-9)19(20)21)18-10-3-1-8(2-4-10)13(15,16)17/h1-7,18H. The molecule has 0 unspecified atom stereocenters. The molecule has 0 spiro atoms. The van der Waals surface area contributed by atoms with Gasteiger partial charge in [-0.25, -0.2) is 4.39 Å². The molecular weight excluding hydrogens is 292 g/mol. The first kappa shape index (κ1) is 14.8. The van der Waals surface area contributed by atoms with Gasteiger partial charge in [-0.05, 0) is 30.3 Å². The van der Waals surface area contributed by atoms with Crippen LogP contribution in [0, 0.1) is 15.9 Å². The number of hydrogen-bond donors (Lipinski definition) is 1. The molecule has 0 aliphatic rings. The number of rotatable bonds is 3. The summed E-state index contributed by atoms with van der Waals surface area (Å²) in [5.74, 6) is -0.821. The summed E-state index contributed by atoms with van der Waals surface area (Å²) < 4.78 is 50.4. The number of nitro groups is 1. The van der Waals surface area contributed by atoms with Gasteiger partial charge >= 0.3 is 6.18 Å². The Morgan fingerprint density at radius 2 is 1.62 bits per heavy atom. The molecule has 2 rings (SSSR count). The van der Waals surface area contributed by atoms with Gasteiger partial charge in [0.05, 0.1) is 16.6 Å². The molecule has 0 saturated heterocycles. The summed E-state index contributed by atoms with van der Waals surface area (Å²) in [5.41, 5.74) is -0.952. The van der Waals surface area contributed by atoms with Crippen LogP contribution in [0.25, 0.3) is 0 Å². The normalized spacial score (nSPS) is 11.2. The minimum Gasteiger partial charge on any atom is -0.355 e. The fraction of sp³-hybridized carbons (Fsp3) is 0.0769. The lowest BCUT2D eigenvalue weighted by atomic mass is 10.2. The third kappa shape index (κ3) is 3.68. The van der Waals surface area contributed by atoms with Gasteiger partial charge in [0.2, 0.25) is 0 Å². The van der Waals surface area contributed by atoms with Crippen molar-refractivity contribution in [2.75, 3.05) is 5.32 Å². The molecule has 0 aliphatic carbocycles. The Labute approximate surface area is 116 Å². The van der Waals surface area contributed by atoms with Gasteiger partial charge in [0, 0.05) is 17.4 Å². The maximum atomic E-state index is 13.2. The Balaban J connectivity index is 2.24. The summed E-state index contributed by atoms with van der Waals surface area (Å²) in [5, 5.41) is 13.2. The Bertz CT molecular complexity index is 669. The zero-order valence-electron chi connectivity index (χ0n) is 10.3. The molecule has 0 amide bonds. The van der Waals surface area contributed by atoms with Crippen LogP contribution < -0.4 is 5.32 Å². The van der Waals surface area contributed by atoms with Gasteiger partial charge in [0.15, 0.2) is 0 Å². The predicted octanol–water partition coefficient (Wildman–Crippen LogP) is 4.50. The van der Waals surface area contributed by atoms with Gasteiger partial charge in [0.25, 0.3) is 5.69 Å². The fourth-order valence-corrected chi connectivity index (χ4v) is 1.66. The first-order valence-corrected chi connectivity index (χ1v) is 5.65. The Kier molecular flexibility index (Phi) is 3.79. The molecule has 110 valence electrons. The third-order valence-corrected chi connectivity index (χ3v) is 2.59. The fourth-order valence-electron chi connectivity index (χ4n) is 1.66. The van der Waals surface area contributed by atoms with Crippen LogP contribution in [-0.2, 0) is 6.18 Å². The van der Waals surface area contributed by atoms with Crippen LogP contribution in [0.5, 0.6) is 0 Å². The molecule has 0 heterocycles. The summed E-state index contributed by atoms with van der Waals surface area (Å²) in [6.07, 6.45) is -4.45. The number of halogens is 4. The van der Waals surface area contributed by atoms with Gasteiger partial charge in [0.1, 0.15) is 5.82 Å². The molecule has 4 nitrogen and oxygen atoms in total. The van der Waals surface area contributed by atoms with Gasteiger partial charge in [-0.3, -0.25) is 10.1 Å². The first-order valence-electron chi connectivity index (χ1n) is 5.65. The third-order valence-electron chi connectivity index (χ3n) is 2.59. The lowest BCUT2D eigenvalue weighted by Gasteiger charge is -2.09. The molecule has 8 heteroatoms. The van der Waals surface area contributed by atoms with Crippen molar-refractivity contribution >= 4 is 17.1 Å². The predicted molar refractivity (Wildman–Crippen MR) is 67.8 cm³/mol. The van der Waals surface area contributed by atoms with Crippen molar-refractivity contribution in [2.24, 2.45) is 0 Å². The van der Waals surface area contributed by atoms with Crippen molar-refractivity contribution in [3.63, 3.8) is 0 Å². The van der Waals surface area contributed by atoms with Crippen LogP contribution in [0.4, 0.5) is 34.6 Å². The topological polar surface area (TPSA) is 55.2 Å². The van der Waals surface area contributed by atoms with Crippen LogP contribution in [-0.4, -0.2) is 4.92 Å². The molecule has 0 radical (unpaired) electrons. The molecule has 0 aromatic heterocycles. The highest BCUT2D eigenvalue weighted by molar-refractivity contribution is 5.62. The second-order valence-electron chi connectivity index (χ2n) is 4.16. The van der Waals surface area contributed by atoms with Crippen molar-refractivity contribution < 1.29 is 22.5 Å². The minimum atomic E-state index is -4.45.